The highest BCUT2D eigenvalue weighted by Crippen LogP contribution is 2.18. The van der Waals surface area contributed by atoms with E-state index in [1.165, 1.54) is 23.8 Å². The number of aryl methyl sites for hydroxylation is 2. The van der Waals surface area contributed by atoms with E-state index < -0.39 is 0 Å². The van der Waals surface area contributed by atoms with E-state index in [1.54, 1.807) is 0 Å². The number of fused-ring (bicyclic) bond motifs is 1. The maximum absolute atomic E-state index is 11.0. The molecule has 3 nitrogen and oxygen atoms in total. The molecule has 0 aliphatic heterocycles. The van der Waals surface area contributed by atoms with Crippen LogP contribution in [0.15, 0.2) is 24.3 Å². The van der Waals surface area contributed by atoms with E-state index in [0.29, 0.717) is 6.42 Å². The second kappa shape index (κ2) is 5.04. The van der Waals surface area contributed by atoms with Gasteiger partial charge in [0.2, 0.25) is 0 Å². The summed E-state index contributed by atoms with van der Waals surface area (Å²) >= 11 is 0. The average Bonchev–Trinajstić information content (AvgIpc) is 2.70. The molecule has 17 heavy (non-hydrogen) atoms. The van der Waals surface area contributed by atoms with Gasteiger partial charge >= 0.3 is 5.97 Å². The summed E-state index contributed by atoms with van der Waals surface area (Å²) < 4.78 is 4.61. The number of H-pyrrole nitrogens is 1. The summed E-state index contributed by atoms with van der Waals surface area (Å²) in [5.74, 6) is -0.142. The number of aromatic amines is 1. The number of ether oxygens (including phenoxy) is 1. The first-order valence-corrected chi connectivity index (χ1v) is 5.84. The van der Waals surface area contributed by atoms with Gasteiger partial charge in [-0.2, -0.15) is 0 Å². The lowest BCUT2D eigenvalue weighted by Crippen LogP contribution is -2.00. The van der Waals surface area contributed by atoms with E-state index in [2.05, 4.69) is 40.9 Å². The molecule has 0 unspecified atom stereocenters. The van der Waals surface area contributed by atoms with Gasteiger partial charge in [0.25, 0.3) is 0 Å². The zero-order chi connectivity index (χ0) is 12.3. The minimum atomic E-state index is -0.142. The highest BCUT2D eigenvalue weighted by molar-refractivity contribution is 5.81. The van der Waals surface area contributed by atoms with E-state index in [4.69, 9.17) is 0 Å². The summed E-state index contributed by atoms with van der Waals surface area (Å²) in [6.07, 6.45) is 2.17. The first kappa shape index (κ1) is 11.7. The van der Waals surface area contributed by atoms with Crippen molar-refractivity contribution in [1.29, 1.82) is 0 Å². The van der Waals surface area contributed by atoms with Crippen LogP contribution in [0.2, 0.25) is 0 Å². The average molecular weight is 231 g/mol. The third kappa shape index (κ3) is 2.87. The first-order valence-electron chi connectivity index (χ1n) is 5.84. The Morgan fingerprint density at radius 1 is 1.35 bits per heavy atom. The van der Waals surface area contributed by atoms with Gasteiger partial charge in [-0.1, -0.05) is 12.1 Å². The zero-order valence-electron chi connectivity index (χ0n) is 10.2. The molecule has 0 atom stereocenters. The zero-order valence-corrected chi connectivity index (χ0v) is 10.2. The molecule has 90 valence electrons. The molecule has 0 aliphatic rings. The molecule has 1 heterocycles. The number of aromatic nitrogens is 1. The fourth-order valence-electron chi connectivity index (χ4n) is 1.96. The first-order chi connectivity index (χ1) is 8.19. The topological polar surface area (TPSA) is 42.1 Å². The van der Waals surface area contributed by atoms with E-state index in [0.717, 1.165) is 18.4 Å². The molecular weight excluding hydrogens is 214 g/mol. The molecule has 0 saturated heterocycles. The number of carbonyl (C=O) groups excluding carboxylic acids is 1. The van der Waals surface area contributed by atoms with Gasteiger partial charge in [-0.05, 0) is 42.8 Å². The molecule has 0 aliphatic carbocycles. The predicted molar refractivity (Wildman–Crippen MR) is 68.0 cm³/mol. The van der Waals surface area contributed by atoms with Gasteiger partial charge < -0.3 is 9.72 Å². The quantitative estimate of drug-likeness (QED) is 0.822. The van der Waals surface area contributed by atoms with Crippen molar-refractivity contribution in [2.45, 2.75) is 26.2 Å². The van der Waals surface area contributed by atoms with Crippen molar-refractivity contribution in [2.75, 3.05) is 7.11 Å². The Balaban J connectivity index is 2.02. The molecule has 1 aromatic carbocycles. The monoisotopic (exact) mass is 231 g/mol. The number of carbonyl (C=O) groups is 1. The van der Waals surface area contributed by atoms with Crippen LogP contribution in [0.1, 0.15) is 24.1 Å². The summed E-state index contributed by atoms with van der Waals surface area (Å²) in [4.78, 5) is 14.4. The van der Waals surface area contributed by atoms with Crippen molar-refractivity contribution >= 4 is 16.9 Å². The minimum absolute atomic E-state index is 0.142. The largest absolute Gasteiger partial charge is 0.469 e. The predicted octanol–water partition coefficient (Wildman–Crippen LogP) is 2.97. The highest BCUT2D eigenvalue weighted by atomic mass is 16.5. The van der Waals surface area contributed by atoms with Gasteiger partial charge in [0.1, 0.15) is 0 Å². The summed E-state index contributed by atoms with van der Waals surface area (Å²) in [5, 5.41) is 1.23. The van der Waals surface area contributed by atoms with Crippen LogP contribution in [0.5, 0.6) is 0 Å². The number of methoxy groups -OCH3 is 1. The Hall–Kier alpha value is -1.77. The van der Waals surface area contributed by atoms with Gasteiger partial charge in [-0.15, -0.1) is 0 Å². The molecule has 0 bridgehead atoms. The van der Waals surface area contributed by atoms with Crippen LogP contribution >= 0.6 is 0 Å². The number of nitrogens with one attached hydrogen (secondary N) is 1. The van der Waals surface area contributed by atoms with Gasteiger partial charge in [0, 0.05) is 17.6 Å². The van der Waals surface area contributed by atoms with Gasteiger partial charge in [-0.25, -0.2) is 0 Å². The van der Waals surface area contributed by atoms with Crippen molar-refractivity contribution in [3.05, 3.63) is 35.5 Å². The van der Waals surface area contributed by atoms with Crippen molar-refractivity contribution in [3.63, 3.8) is 0 Å². The Morgan fingerprint density at radius 3 is 2.94 bits per heavy atom. The Labute approximate surface area is 101 Å². The number of hydrogen-bond acceptors (Lipinski definition) is 2. The lowest BCUT2D eigenvalue weighted by molar-refractivity contribution is -0.140. The van der Waals surface area contributed by atoms with Gasteiger partial charge in [0.15, 0.2) is 0 Å². The molecule has 0 amide bonds. The second-order valence-electron chi connectivity index (χ2n) is 4.31. The lowest BCUT2D eigenvalue weighted by Gasteiger charge is -1.97. The van der Waals surface area contributed by atoms with Crippen LogP contribution < -0.4 is 0 Å². The van der Waals surface area contributed by atoms with Crippen LogP contribution in [-0.2, 0) is 16.0 Å². The summed E-state index contributed by atoms with van der Waals surface area (Å²) in [5.41, 5.74) is 3.59. The number of esters is 1. The third-order valence-corrected chi connectivity index (χ3v) is 2.89. The molecule has 1 N–H and O–H groups in total. The molecule has 2 rings (SSSR count). The van der Waals surface area contributed by atoms with Crippen molar-refractivity contribution in [3.8, 4) is 0 Å². The molecule has 0 fully saturated rings. The number of benzene rings is 1. The van der Waals surface area contributed by atoms with Crippen molar-refractivity contribution < 1.29 is 9.53 Å². The van der Waals surface area contributed by atoms with E-state index >= 15 is 0 Å². The Kier molecular flexibility index (Phi) is 3.47. The van der Waals surface area contributed by atoms with E-state index in [1.807, 2.05) is 0 Å². The number of hydrogen-bond donors (Lipinski definition) is 1. The molecule has 0 saturated carbocycles. The highest BCUT2D eigenvalue weighted by Gasteiger charge is 2.03. The molecular formula is C14H17NO2. The van der Waals surface area contributed by atoms with E-state index in [-0.39, 0.29) is 5.97 Å². The van der Waals surface area contributed by atoms with Crippen LogP contribution in [0.3, 0.4) is 0 Å². The summed E-state index contributed by atoms with van der Waals surface area (Å²) in [7, 11) is 1.42. The van der Waals surface area contributed by atoms with Gasteiger partial charge in [0.05, 0.1) is 7.11 Å². The molecule has 2 aromatic rings. The summed E-state index contributed by atoms with van der Waals surface area (Å²) in [6, 6.07) is 8.50. The fourth-order valence-corrected chi connectivity index (χ4v) is 1.96. The normalized spacial score (nSPS) is 10.7. The Bertz CT molecular complexity index is 528. The smallest absolute Gasteiger partial charge is 0.305 e. The minimum Gasteiger partial charge on any atom is -0.469 e. The van der Waals surface area contributed by atoms with Crippen LogP contribution in [0.4, 0.5) is 0 Å². The lowest BCUT2D eigenvalue weighted by atomic mass is 10.1. The maximum atomic E-state index is 11.0. The van der Waals surface area contributed by atoms with Crippen molar-refractivity contribution in [1.82, 2.24) is 4.98 Å². The van der Waals surface area contributed by atoms with E-state index in [9.17, 15) is 4.79 Å². The van der Waals surface area contributed by atoms with Crippen LogP contribution in [-0.4, -0.2) is 18.1 Å². The second-order valence-corrected chi connectivity index (χ2v) is 4.31. The molecule has 0 radical (unpaired) electrons. The maximum Gasteiger partial charge on any atom is 0.305 e. The summed E-state index contributed by atoms with van der Waals surface area (Å²) in [6.45, 7) is 2.08. The standard InChI is InChI=1S/C14H17NO2/c1-10-6-7-11-9-12(15-13(11)8-10)4-3-5-14(16)17-2/h6-9,15H,3-5H2,1-2H3. The molecule has 0 spiro atoms. The van der Waals surface area contributed by atoms with Crippen molar-refractivity contribution in [2.24, 2.45) is 0 Å². The van der Waals surface area contributed by atoms with Gasteiger partial charge in [-0.3, -0.25) is 4.79 Å². The van der Waals surface area contributed by atoms with Crippen LogP contribution in [0, 0.1) is 6.92 Å². The number of rotatable bonds is 4. The van der Waals surface area contributed by atoms with Crippen LogP contribution in [0.25, 0.3) is 10.9 Å². The Morgan fingerprint density at radius 2 is 2.18 bits per heavy atom. The molecule has 1 aromatic heterocycles. The fraction of sp³-hybridized carbons (Fsp3) is 0.357. The SMILES string of the molecule is COC(=O)CCCc1cc2ccc(C)cc2[nH]1. The molecule has 3 heteroatoms. The third-order valence-electron chi connectivity index (χ3n) is 2.89.